The van der Waals surface area contributed by atoms with Gasteiger partial charge in [-0.1, -0.05) is 60.7 Å². The fraction of sp³-hybridized carbons (Fsp3) is 0.182. The van der Waals surface area contributed by atoms with Crippen LogP contribution in [0.15, 0.2) is 97.1 Å². The maximum absolute atomic E-state index is 8.67. The standard InChI is InChI=1S/C16H10.2C8H12N2.2C6H6O3/c1-3-11-7-9-13-5-2-6-14-10-8-12(4-1)15(11)16(13)14;2*1-5-6(2)10-8(4)7(3)9-5;2*7-4-1-5(8)3-6(9)2-4/h1-10H;2*1-4H3;2*1-3,7-9H. The van der Waals surface area contributed by atoms with E-state index in [4.69, 9.17) is 30.6 Å². The Morgan fingerprint density at radius 2 is 0.444 bits per heavy atom. The van der Waals surface area contributed by atoms with E-state index < -0.39 is 0 Å². The van der Waals surface area contributed by atoms with Crippen LogP contribution in [0.5, 0.6) is 34.5 Å². The topological polar surface area (TPSA) is 173 Å². The van der Waals surface area contributed by atoms with Crippen molar-refractivity contribution in [3.8, 4) is 34.5 Å². The number of benzene rings is 6. The molecule has 6 N–H and O–H groups in total. The highest BCUT2D eigenvalue weighted by Crippen LogP contribution is 2.34. The van der Waals surface area contributed by atoms with Gasteiger partial charge >= 0.3 is 0 Å². The average molecular weight is 727 g/mol. The van der Waals surface area contributed by atoms with Gasteiger partial charge in [0.2, 0.25) is 0 Å². The van der Waals surface area contributed by atoms with Crippen LogP contribution in [0.2, 0.25) is 0 Å². The third-order valence-corrected chi connectivity index (χ3v) is 8.60. The van der Waals surface area contributed by atoms with Crippen molar-refractivity contribution in [2.24, 2.45) is 0 Å². The smallest absolute Gasteiger partial charge is 0.122 e. The molecule has 10 nitrogen and oxygen atoms in total. The monoisotopic (exact) mass is 726 g/mol. The van der Waals surface area contributed by atoms with Gasteiger partial charge < -0.3 is 30.6 Å². The number of aryl methyl sites for hydroxylation is 8. The number of aromatic hydroxyl groups is 6. The van der Waals surface area contributed by atoms with Gasteiger partial charge in [-0.25, -0.2) is 0 Å². The van der Waals surface area contributed by atoms with E-state index in [2.05, 4.69) is 80.6 Å². The lowest BCUT2D eigenvalue weighted by atomic mass is 9.95. The van der Waals surface area contributed by atoms with Crippen LogP contribution < -0.4 is 0 Å². The summed E-state index contributed by atoms with van der Waals surface area (Å²) < 4.78 is 0. The number of phenolic OH excluding ortho intramolecular Hbond substituents is 6. The SMILES string of the molecule is Cc1nc(C)c(C)nc1C.Cc1nc(C)c(C)nc1C.Oc1cc(O)cc(O)c1.Oc1cc(O)cc(O)c1.c1cc2ccc3cccc4ccc(c1)c2c34. The van der Waals surface area contributed by atoms with Gasteiger partial charge in [0.25, 0.3) is 0 Å². The second-order valence-electron chi connectivity index (χ2n) is 12.8. The number of hydrogen-bond acceptors (Lipinski definition) is 10. The molecule has 6 aromatic carbocycles. The molecular formula is C44H46N4O6. The van der Waals surface area contributed by atoms with Crippen molar-refractivity contribution in [2.75, 3.05) is 0 Å². The van der Waals surface area contributed by atoms with Crippen LogP contribution >= 0.6 is 0 Å². The minimum atomic E-state index is -0.146. The molecule has 0 aliphatic rings. The second kappa shape index (κ2) is 17.7. The molecular weight excluding hydrogens is 681 g/mol. The van der Waals surface area contributed by atoms with Crippen molar-refractivity contribution in [2.45, 2.75) is 55.4 Å². The molecule has 8 aromatic rings. The highest BCUT2D eigenvalue weighted by atomic mass is 16.3. The molecule has 0 aliphatic carbocycles. The molecule has 0 saturated carbocycles. The van der Waals surface area contributed by atoms with Crippen molar-refractivity contribution in [1.82, 2.24) is 19.9 Å². The molecule has 0 atom stereocenters. The third kappa shape index (κ3) is 10.7. The summed E-state index contributed by atoms with van der Waals surface area (Å²) in [7, 11) is 0. The van der Waals surface area contributed by atoms with Gasteiger partial charge in [-0.2, -0.15) is 0 Å². The lowest BCUT2D eigenvalue weighted by Gasteiger charge is -2.09. The first-order valence-electron chi connectivity index (χ1n) is 17.2. The number of rotatable bonds is 0. The van der Waals surface area contributed by atoms with E-state index in [-0.39, 0.29) is 34.5 Å². The maximum atomic E-state index is 8.67. The van der Waals surface area contributed by atoms with E-state index in [1.165, 1.54) is 32.3 Å². The fourth-order valence-corrected chi connectivity index (χ4v) is 5.48. The van der Waals surface area contributed by atoms with Crippen molar-refractivity contribution < 1.29 is 30.6 Å². The third-order valence-electron chi connectivity index (χ3n) is 8.60. The zero-order chi connectivity index (χ0) is 39.7. The normalized spacial score (nSPS) is 10.3. The highest BCUT2D eigenvalue weighted by Gasteiger charge is 2.06. The summed E-state index contributed by atoms with van der Waals surface area (Å²) in [5.41, 5.74) is 8.25. The van der Waals surface area contributed by atoms with Crippen molar-refractivity contribution in [3.05, 3.63) is 143 Å². The molecule has 0 bridgehead atoms. The van der Waals surface area contributed by atoms with Crippen LogP contribution in [0, 0.1) is 55.4 Å². The minimum absolute atomic E-state index is 0.146. The Labute approximate surface area is 314 Å². The molecule has 278 valence electrons. The summed E-state index contributed by atoms with van der Waals surface area (Å²) in [6.07, 6.45) is 0. The largest absolute Gasteiger partial charge is 0.508 e. The Hall–Kier alpha value is -6.68. The van der Waals surface area contributed by atoms with E-state index in [0.717, 1.165) is 81.9 Å². The molecule has 0 aliphatic heterocycles. The zero-order valence-electron chi connectivity index (χ0n) is 31.7. The fourth-order valence-electron chi connectivity index (χ4n) is 5.48. The van der Waals surface area contributed by atoms with Gasteiger partial charge in [0.05, 0.1) is 45.6 Å². The van der Waals surface area contributed by atoms with Gasteiger partial charge in [0.1, 0.15) is 34.5 Å². The van der Waals surface area contributed by atoms with E-state index in [1.54, 1.807) is 0 Å². The van der Waals surface area contributed by atoms with Crippen molar-refractivity contribution in [3.63, 3.8) is 0 Å². The van der Waals surface area contributed by atoms with Crippen LogP contribution in [0.4, 0.5) is 0 Å². The Bertz CT molecular complexity index is 2080. The van der Waals surface area contributed by atoms with Crippen LogP contribution in [-0.4, -0.2) is 50.6 Å². The molecule has 0 radical (unpaired) electrons. The molecule has 54 heavy (non-hydrogen) atoms. The van der Waals surface area contributed by atoms with E-state index in [0.29, 0.717) is 0 Å². The summed E-state index contributed by atoms with van der Waals surface area (Å²) in [5.74, 6) is -0.875. The summed E-state index contributed by atoms with van der Waals surface area (Å²) in [6, 6.07) is 28.7. The number of phenols is 6. The number of aromatic nitrogens is 4. The van der Waals surface area contributed by atoms with Crippen molar-refractivity contribution >= 4 is 32.3 Å². The molecule has 2 aromatic heterocycles. The predicted molar refractivity (Wildman–Crippen MR) is 215 cm³/mol. The Morgan fingerprint density at radius 1 is 0.278 bits per heavy atom. The molecule has 0 unspecified atom stereocenters. The van der Waals surface area contributed by atoms with Gasteiger partial charge in [-0.15, -0.1) is 0 Å². The second-order valence-corrected chi connectivity index (χ2v) is 12.8. The van der Waals surface area contributed by atoms with Crippen LogP contribution in [0.25, 0.3) is 32.3 Å². The molecule has 2 heterocycles. The van der Waals surface area contributed by atoms with Gasteiger partial charge in [-0.3, -0.25) is 19.9 Å². The molecule has 10 heteroatoms. The molecule has 0 saturated heterocycles. The van der Waals surface area contributed by atoms with Crippen LogP contribution in [0.1, 0.15) is 45.6 Å². The summed E-state index contributed by atoms with van der Waals surface area (Å²) in [5, 5.41) is 60.2. The molecule has 0 spiro atoms. The van der Waals surface area contributed by atoms with Crippen molar-refractivity contribution in [1.29, 1.82) is 0 Å². The Morgan fingerprint density at radius 3 is 0.611 bits per heavy atom. The lowest BCUT2D eigenvalue weighted by molar-refractivity contribution is 0.426. The first-order valence-corrected chi connectivity index (χ1v) is 17.2. The Kier molecular flexibility index (Phi) is 13.1. The van der Waals surface area contributed by atoms with E-state index >= 15 is 0 Å². The summed E-state index contributed by atoms with van der Waals surface area (Å²) >= 11 is 0. The van der Waals surface area contributed by atoms with Crippen LogP contribution in [-0.2, 0) is 0 Å². The Balaban J connectivity index is 0.000000154. The predicted octanol–water partition coefficient (Wildman–Crippen LogP) is 9.61. The first-order chi connectivity index (χ1) is 25.5. The first kappa shape index (κ1) is 40.1. The highest BCUT2D eigenvalue weighted by molar-refractivity contribution is 6.22. The van der Waals surface area contributed by atoms with E-state index in [1.807, 2.05) is 55.4 Å². The molecule has 8 rings (SSSR count). The zero-order valence-corrected chi connectivity index (χ0v) is 31.7. The maximum Gasteiger partial charge on any atom is 0.122 e. The van der Waals surface area contributed by atoms with Gasteiger partial charge in [0.15, 0.2) is 0 Å². The summed E-state index contributed by atoms with van der Waals surface area (Å²) in [6.45, 7) is 15.8. The van der Waals surface area contributed by atoms with E-state index in [9.17, 15) is 0 Å². The number of nitrogens with zero attached hydrogens (tertiary/aromatic N) is 4. The number of hydrogen-bond donors (Lipinski definition) is 6. The lowest BCUT2D eigenvalue weighted by Crippen LogP contribution is -1.97. The van der Waals surface area contributed by atoms with Gasteiger partial charge in [-0.05, 0) is 87.7 Å². The van der Waals surface area contributed by atoms with Crippen LogP contribution in [0.3, 0.4) is 0 Å². The quantitative estimate of drug-likeness (QED) is 0.0826. The molecule has 0 fully saturated rings. The molecule has 0 amide bonds. The average Bonchev–Trinajstić information content (AvgIpc) is 3.09. The minimum Gasteiger partial charge on any atom is -0.508 e. The summed E-state index contributed by atoms with van der Waals surface area (Å²) in [4.78, 5) is 17.2. The van der Waals surface area contributed by atoms with Gasteiger partial charge in [0, 0.05) is 36.4 Å².